The van der Waals surface area contributed by atoms with Crippen LogP contribution in [0.5, 0.6) is 0 Å². The second-order valence-corrected chi connectivity index (χ2v) is 7.16. The summed E-state index contributed by atoms with van der Waals surface area (Å²) in [6.45, 7) is 0. The average molecular weight is 341 g/mol. The van der Waals surface area contributed by atoms with Crippen molar-refractivity contribution < 1.29 is 14.4 Å². The quantitative estimate of drug-likeness (QED) is 0.869. The van der Waals surface area contributed by atoms with Crippen LogP contribution in [0.3, 0.4) is 0 Å². The number of aryl methyl sites for hydroxylation is 1. The summed E-state index contributed by atoms with van der Waals surface area (Å²) >= 11 is 0. The van der Waals surface area contributed by atoms with Gasteiger partial charge in [0, 0.05) is 30.4 Å². The Hall–Kier alpha value is -2.21. The number of pyridine rings is 1. The molecule has 0 radical (unpaired) electrons. The lowest BCUT2D eigenvalue weighted by molar-refractivity contribution is 0.0238. The van der Waals surface area contributed by atoms with E-state index in [1.807, 2.05) is 12.1 Å². The number of amides is 1. The lowest BCUT2D eigenvalue weighted by Gasteiger charge is -2.38. The highest BCUT2D eigenvalue weighted by Crippen LogP contribution is 2.32. The van der Waals surface area contributed by atoms with Gasteiger partial charge in [0.15, 0.2) is 5.69 Å². The first kappa shape index (κ1) is 16.3. The maximum Gasteiger partial charge on any atom is 0.274 e. The van der Waals surface area contributed by atoms with Crippen LogP contribution in [-0.2, 0) is 19.3 Å². The van der Waals surface area contributed by atoms with Gasteiger partial charge >= 0.3 is 0 Å². The van der Waals surface area contributed by atoms with Crippen molar-refractivity contribution in [3.63, 3.8) is 0 Å². The van der Waals surface area contributed by atoms with Crippen LogP contribution in [0.25, 0.3) is 0 Å². The number of aliphatic hydroxyl groups is 1. The first-order valence-corrected chi connectivity index (χ1v) is 9.06. The van der Waals surface area contributed by atoms with Crippen LogP contribution in [-0.4, -0.2) is 33.3 Å². The van der Waals surface area contributed by atoms with E-state index in [2.05, 4.69) is 15.5 Å². The lowest BCUT2D eigenvalue weighted by atomic mass is 9.75. The van der Waals surface area contributed by atoms with E-state index in [0.717, 1.165) is 61.8 Å². The Kier molecular flexibility index (Phi) is 4.53. The van der Waals surface area contributed by atoms with Crippen LogP contribution in [0.15, 0.2) is 29.0 Å². The van der Waals surface area contributed by atoms with E-state index in [1.165, 1.54) is 0 Å². The van der Waals surface area contributed by atoms with Crippen molar-refractivity contribution >= 4 is 5.91 Å². The molecule has 6 heteroatoms. The third-order valence-corrected chi connectivity index (χ3v) is 5.41. The van der Waals surface area contributed by atoms with Crippen LogP contribution < -0.4 is 5.32 Å². The van der Waals surface area contributed by atoms with Crippen molar-refractivity contribution in [3.05, 3.63) is 47.1 Å². The van der Waals surface area contributed by atoms with Crippen LogP contribution in [0, 0.1) is 5.92 Å². The number of hydrogen-bond donors (Lipinski definition) is 2. The molecule has 4 rings (SSSR count). The Morgan fingerprint density at radius 3 is 2.80 bits per heavy atom. The topological polar surface area (TPSA) is 88.2 Å². The van der Waals surface area contributed by atoms with E-state index in [1.54, 1.807) is 12.4 Å². The van der Waals surface area contributed by atoms with Gasteiger partial charge in [0.25, 0.3) is 5.91 Å². The van der Waals surface area contributed by atoms with Gasteiger partial charge in [-0.15, -0.1) is 0 Å². The fraction of sp³-hybridized carbons (Fsp3) is 0.526. The molecule has 2 aromatic rings. The number of nitrogens with zero attached hydrogens (tertiary/aromatic N) is 2. The van der Waals surface area contributed by atoms with Gasteiger partial charge in [0.05, 0.1) is 6.10 Å². The van der Waals surface area contributed by atoms with Crippen molar-refractivity contribution in [1.29, 1.82) is 0 Å². The van der Waals surface area contributed by atoms with Gasteiger partial charge in [-0.1, -0.05) is 5.16 Å². The Bertz CT molecular complexity index is 738. The summed E-state index contributed by atoms with van der Waals surface area (Å²) in [5, 5.41) is 16.8. The van der Waals surface area contributed by atoms with Gasteiger partial charge in [0.2, 0.25) is 0 Å². The molecule has 1 amide bonds. The van der Waals surface area contributed by atoms with Gasteiger partial charge in [-0.3, -0.25) is 9.78 Å². The van der Waals surface area contributed by atoms with Gasteiger partial charge in [0.1, 0.15) is 5.76 Å². The monoisotopic (exact) mass is 341 g/mol. The maximum absolute atomic E-state index is 12.8. The van der Waals surface area contributed by atoms with E-state index >= 15 is 0 Å². The number of carbonyl (C=O) groups is 1. The predicted molar refractivity (Wildman–Crippen MR) is 91.1 cm³/mol. The molecule has 1 fully saturated rings. The number of carbonyl (C=O) groups excluding carboxylic acids is 1. The molecule has 0 spiro atoms. The number of nitrogens with one attached hydrogen (secondary N) is 1. The lowest BCUT2D eigenvalue weighted by Crippen LogP contribution is -2.48. The molecule has 0 aliphatic heterocycles. The van der Waals surface area contributed by atoms with E-state index in [0.29, 0.717) is 5.69 Å². The normalized spacial score (nSPS) is 23.4. The molecular weight excluding hydrogens is 318 g/mol. The Morgan fingerprint density at radius 2 is 2.04 bits per heavy atom. The second-order valence-electron chi connectivity index (χ2n) is 7.16. The molecule has 132 valence electrons. The van der Waals surface area contributed by atoms with Crippen LogP contribution in [0.2, 0.25) is 0 Å². The first-order valence-electron chi connectivity index (χ1n) is 9.06. The Balaban J connectivity index is 1.50. The zero-order chi connectivity index (χ0) is 17.2. The van der Waals surface area contributed by atoms with Gasteiger partial charge in [-0.2, -0.15) is 0 Å². The van der Waals surface area contributed by atoms with Crippen molar-refractivity contribution in [1.82, 2.24) is 15.5 Å². The van der Waals surface area contributed by atoms with Crippen molar-refractivity contribution in [2.24, 2.45) is 5.92 Å². The largest absolute Gasteiger partial charge is 0.393 e. The molecule has 0 unspecified atom stereocenters. The summed E-state index contributed by atoms with van der Waals surface area (Å²) in [6.07, 6.45) is 9.35. The summed E-state index contributed by atoms with van der Waals surface area (Å²) in [7, 11) is 0. The molecule has 2 aliphatic carbocycles. The minimum Gasteiger partial charge on any atom is -0.393 e. The van der Waals surface area contributed by atoms with Crippen LogP contribution in [0.4, 0.5) is 0 Å². The van der Waals surface area contributed by atoms with Gasteiger partial charge in [-0.05, 0) is 62.1 Å². The molecule has 6 nitrogen and oxygen atoms in total. The molecule has 0 aromatic carbocycles. The van der Waals surface area contributed by atoms with Crippen LogP contribution >= 0.6 is 0 Å². The van der Waals surface area contributed by atoms with Crippen molar-refractivity contribution in [2.45, 2.75) is 57.1 Å². The molecule has 1 atom stereocenters. The molecule has 1 saturated carbocycles. The molecule has 25 heavy (non-hydrogen) atoms. The van der Waals surface area contributed by atoms with Crippen molar-refractivity contribution in [3.8, 4) is 0 Å². The minimum absolute atomic E-state index is 0.0192. The average Bonchev–Trinajstić information content (AvgIpc) is 3.03. The first-order chi connectivity index (χ1) is 12.2. The molecule has 2 aromatic heterocycles. The summed E-state index contributed by atoms with van der Waals surface area (Å²) in [5.41, 5.74) is 2.54. The predicted octanol–water partition coefficient (Wildman–Crippen LogP) is 2.06. The van der Waals surface area contributed by atoms with Gasteiger partial charge < -0.3 is 14.9 Å². The van der Waals surface area contributed by atoms with E-state index in [9.17, 15) is 9.90 Å². The Labute approximate surface area is 146 Å². The molecule has 0 bridgehead atoms. The smallest absolute Gasteiger partial charge is 0.274 e. The van der Waals surface area contributed by atoms with Gasteiger partial charge in [-0.25, -0.2) is 0 Å². The highest BCUT2D eigenvalue weighted by Gasteiger charge is 2.36. The number of aliphatic hydroxyl groups excluding tert-OH is 1. The number of aromatic nitrogens is 2. The minimum atomic E-state index is -0.248. The zero-order valence-corrected chi connectivity index (χ0v) is 14.1. The fourth-order valence-electron chi connectivity index (χ4n) is 3.87. The number of fused-ring (bicyclic) bond motifs is 1. The maximum atomic E-state index is 12.8. The molecule has 2 aliphatic rings. The highest BCUT2D eigenvalue weighted by molar-refractivity contribution is 5.94. The summed E-state index contributed by atoms with van der Waals surface area (Å²) in [4.78, 5) is 16.8. The fourth-order valence-corrected chi connectivity index (χ4v) is 3.87. The standard InChI is InChI=1S/C19H23N3O3/c23-14-10-13(11-14)16(9-12-5-7-20-8-6-12)21-19(24)18-15-3-1-2-4-17(15)25-22-18/h5-8,13-14,16,23H,1-4,9-11H2,(H,21,24)/t13?,14?,16-/m0/s1. The zero-order valence-electron chi connectivity index (χ0n) is 14.1. The second kappa shape index (κ2) is 6.96. The third-order valence-electron chi connectivity index (χ3n) is 5.41. The molecular formula is C19H23N3O3. The number of rotatable bonds is 5. The summed E-state index contributed by atoms with van der Waals surface area (Å²) < 4.78 is 5.37. The Morgan fingerprint density at radius 1 is 1.28 bits per heavy atom. The van der Waals surface area contributed by atoms with Crippen molar-refractivity contribution in [2.75, 3.05) is 0 Å². The molecule has 2 N–H and O–H groups in total. The molecule has 0 saturated heterocycles. The van der Waals surface area contributed by atoms with E-state index in [4.69, 9.17) is 4.52 Å². The molecule has 2 heterocycles. The highest BCUT2D eigenvalue weighted by atomic mass is 16.5. The SMILES string of the molecule is O=C(N[C@@H](Cc1ccncc1)C1CC(O)C1)c1noc2c1CCCC2. The third kappa shape index (κ3) is 3.44. The number of hydrogen-bond acceptors (Lipinski definition) is 5. The summed E-state index contributed by atoms with van der Waals surface area (Å²) in [5.74, 6) is 0.989. The van der Waals surface area contributed by atoms with Crippen LogP contribution in [0.1, 0.15) is 53.1 Å². The van der Waals surface area contributed by atoms with E-state index in [-0.39, 0.29) is 24.0 Å². The van der Waals surface area contributed by atoms with E-state index < -0.39 is 0 Å². The summed E-state index contributed by atoms with van der Waals surface area (Å²) in [6, 6.07) is 3.91.